The lowest BCUT2D eigenvalue weighted by Gasteiger charge is -2.16. The number of likely N-dealkylation sites (N-methyl/N-ethyl adjacent to an activating group) is 1. The molecule has 3 rings (SSSR count). The maximum atomic E-state index is 12.1. The molecule has 0 aliphatic heterocycles. The molecule has 1 aliphatic carbocycles. The van der Waals surface area contributed by atoms with Gasteiger partial charge in [-0.15, -0.1) is 10.2 Å². The van der Waals surface area contributed by atoms with Gasteiger partial charge in [0.15, 0.2) is 0 Å². The van der Waals surface area contributed by atoms with E-state index in [0.29, 0.717) is 19.0 Å². The summed E-state index contributed by atoms with van der Waals surface area (Å²) in [7, 11) is 3.92. The molecule has 1 aromatic carbocycles. The summed E-state index contributed by atoms with van der Waals surface area (Å²) in [5.41, 5.74) is 2.00. The van der Waals surface area contributed by atoms with Crippen LogP contribution in [0.5, 0.6) is 0 Å². The number of hydrogen-bond acceptors (Lipinski definition) is 4. The molecular formula is C17H23N5O. The van der Waals surface area contributed by atoms with Gasteiger partial charge in [-0.1, -0.05) is 17.7 Å². The quantitative estimate of drug-likeness (QED) is 0.887. The second-order valence-corrected chi connectivity index (χ2v) is 6.39. The second-order valence-electron chi connectivity index (χ2n) is 6.39. The molecule has 0 saturated heterocycles. The second kappa shape index (κ2) is 6.50. The minimum Gasteiger partial charge on any atom is -0.325 e. The van der Waals surface area contributed by atoms with Crippen molar-refractivity contribution < 1.29 is 4.79 Å². The van der Waals surface area contributed by atoms with Gasteiger partial charge in [-0.25, -0.2) is 0 Å². The van der Waals surface area contributed by atoms with Crippen molar-refractivity contribution in [3.05, 3.63) is 41.5 Å². The highest BCUT2D eigenvalue weighted by atomic mass is 16.2. The first-order valence-corrected chi connectivity index (χ1v) is 7.96. The molecule has 1 aliphatic rings. The summed E-state index contributed by atoms with van der Waals surface area (Å²) < 4.78 is 2.06. The van der Waals surface area contributed by atoms with E-state index in [1.807, 2.05) is 50.2 Å². The van der Waals surface area contributed by atoms with Crippen LogP contribution in [0.3, 0.4) is 0 Å². The number of rotatable bonds is 6. The fraction of sp³-hybridized carbons (Fsp3) is 0.471. The molecule has 1 amide bonds. The van der Waals surface area contributed by atoms with Gasteiger partial charge in [0, 0.05) is 18.7 Å². The first-order chi connectivity index (χ1) is 11.0. The fourth-order valence-electron chi connectivity index (χ4n) is 2.59. The van der Waals surface area contributed by atoms with Crippen molar-refractivity contribution in [1.29, 1.82) is 0 Å². The number of aromatic nitrogens is 3. The maximum Gasteiger partial charge on any atom is 0.238 e. The Hall–Kier alpha value is -2.21. The largest absolute Gasteiger partial charge is 0.325 e. The Morgan fingerprint density at radius 2 is 2.00 bits per heavy atom. The van der Waals surface area contributed by atoms with Gasteiger partial charge in [-0.05, 0) is 38.9 Å². The highest BCUT2D eigenvalue weighted by Crippen LogP contribution is 2.38. The molecule has 1 saturated carbocycles. The Labute approximate surface area is 136 Å². The summed E-state index contributed by atoms with van der Waals surface area (Å²) in [6.07, 6.45) is 2.42. The summed E-state index contributed by atoms with van der Waals surface area (Å²) in [5.74, 6) is 2.52. The van der Waals surface area contributed by atoms with Crippen molar-refractivity contribution in [3.63, 3.8) is 0 Å². The van der Waals surface area contributed by atoms with Crippen LogP contribution >= 0.6 is 0 Å². The molecule has 0 radical (unpaired) electrons. The van der Waals surface area contributed by atoms with Gasteiger partial charge in [0.05, 0.1) is 13.1 Å². The predicted octanol–water partition coefficient (Wildman–Crippen LogP) is 2.07. The molecule has 1 fully saturated rings. The van der Waals surface area contributed by atoms with Gasteiger partial charge in [0.25, 0.3) is 0 Å². The highest BCUT2D eigenvalue weighted by molar-refractivity contribution is 5.92. The molecule has 122 valence electrons. The van der Waals surface area contributed by atoms with Gasteiger partial charge in [-0.3, -0.25) is 9.69 Å². The smallest absolute Gasteiger partial charge is 0.238 e. The molecule has 2 aromatic rings. The van der Waals surface area contributed by atoms with E-state index in [2.05, 4.69) is 20.1 Å². The zero-order valence-corrected chi connectivity index (χ0v) is 13.9. The molecule has 0 unspecified atom stereocenters. The van der Waals surface area contributed by atoms with E-state index in [-0.39, 0.29) is 5.91 Å². The first-order valence-electron chi connectivity index (χ1n) is 7.96. The van der Waals surface area contributed by atoms with E-state index in [1.54, 1.807) is 0 Å². The Balaban J connectivity index is 1.53. The topological polar surface area (TPSA) is 63.1 Å². The van der Waals surface area contributed by atoms with Crippen LogP contribution in [0.4, 0.5) is 5.69 Å². The number of carbonyl (C=O) groups is 1. The molecule has 6 heteroatoms. The van der Waals surface area contributed by atoms with Crippen LogP contribution < -0.4 is 5.32 Å². The van der Waals surface area contributed by atoms with Crippen LogP contribution in [0.1, 0.15) is 36.0 Å². The van der Waals surface area contributed by atoms with Crippen LogP contribution in [0.25, 0.3) is 0 Å². The van der Waals surface area contributed by atoms with Crippen molar-refractivity contribution in [2.75, 3.05) is 18.9 Å². The predicted molar refractivity (Wildman–Crippen MR) is 89.1 cm³/mol. The van der Waals surface area contributed by atoms with E-state index in [0.717, 1.165) is 17.3 Å². The number of anilines is 1. The van der Waals surface area contributed by atoms with Crippen molar-refractivity contribution in [2.24, 2.45) is 7.05 Å². The van der Waals surface area contributed by atoms with E-state index >= 15 is 0 Å². The Morgan fingerprint density at radius 1 is 1.30 bits per heavy atom. The summed E-state index contributed by atoms with van der Waals surface area (Å²) >= 11 is 0. The maximum absolute atomic E-state index is 12.1. The number of aryl methyl sites for hydroxylation is 1. The number of amides is 1. The standard InChI is InChI=1S/C17H23N5O/c1-12-4-8-14(9-5-12)18-16(23)11-21(2)10-15-19-20-17(22(15)3)13-6-7-13/h4-5,8-9,13H,6-7,10-11H2,1-3H3,(H,18,23). The molecule has 0 atom stereocenters. The zero-order valence-electron chi connectivity index (χ0n) is 13.9. The van der Waals surface area contributed by atoms with Crippen LogP contribution in [0.15, 0.2) is 24.3 Å². The van der Waals surface area contributed by atoms with Crippen molar-refractivity contribution in [1.82, 2.24) is 19.7 Å². The lowest BCUT2D eigenvalue weighted by Crippen LogP contribution is -2.30. The van der Waals surface area contributed by atoms with E-state index < -0.39 is 0 Å². The fourth-order valence-corrected chi connectivity index (χ4v) is 2.59. The van der Waals surface area contributed by atoms with E-state index in [9.17, 15) is 4.79 Å². The molecule has 6 nitrogen and oxygen atoms in total. The SMILES string of the molecule is Cc1ccc(NC(=O)CN(C)Cc2nnc(C3CC3)n2C)cc1. The minimum atomic E-state index is -0.0269. The van der Waals surface area contributed by atoms with Crippen LogP contribution in [0, 0.1) is 6.92 Å². The van der Waals surface area contributed by atoms with Gasteiger partial charge < -0.3 is 9.88 Å². The number of nitrogens with zero attached hydrogens (tertiary/aromatic N) is 4. The molecule has 0 spiro atoms. The normalized spacial score (nSPS) is 14.3. The Bertz CT molecular complexity index is 688. The molecule has 1 aromatic heterocycles. The monoisotopic (exact) mass is 313 g/mol. The van der Waals surface area contributed by atoms with Crippen LogP contribution in [0.2, 0.25) is 0 Å². The van der Waals surface area contributed by atoms with Crippen LogP contribution in [-0.2, 0) is 18.4 Å². The Morgan fingerprint density at radius 3 is 2.65 bits per heavy atom. The molecule has 23 heavy (non-hydrogen) atoms. The zero-order chi connectivity index (χ0) is 16.4. The first kappa shape index (κ1) is 15.7. The summed E-state index contributed by atoms with van der Waals surface area (Å²) in [5, 5.41) is 11.4. The average molecular weight is 313 g/mol. The van der Waals surface area contributed by atoms with E-state index in [1.165, 1.54) is 18.4 Å². The highest BCUT2D eigenvalue weighted by Gasteiger charge is 2.29. The summed E-state index contributed by atoms with van der Waals surface area (Å²) in [6, 6.07) is 7.80. The van der Waals surface area contributed by atoms with Crippen molar-refractivity contribution >= 4 is 11.6 Å². The molecular weight excluding hydrogens is 290 g/mol. The summed E-state index contributed by atoms with van der Waals surface area (Å²) in [6.45, 7) is 2.95. The lowest BCUT2D eigenvalue weighted by atomic mass is 10.2. The van der Waals surface area contributed by atoms with Gasteiger partial charge in [0.2, 0.25) is 5.91 Å². The molecule has 1 heterocycles. The van der Waals surface area contributed by atoms with E-state index in [4.69, 9.17) is 0 Å². The average Bonchev–Trinajstić information content (AvgIpc) is 3.28. The van der Waals surface area contributed by atoms with Gasteiger partial charge in [-0.2, -0.15) is 0 Å². The van der Waals surface area contributed by atoms with Crippen LogP contribution in [-0.4, -0.2) is 39.2 Å². The third kappa shape index (κ3) is 3.96. The number of hydrogen-bond donors (Lipinski definition) is 1. The lowest BCUT2D eigenvalue weighted by molar-refractivity contribution is -0.117. The summed E-state index contributed by atoms with van der Waals surface area (Å²) in [4.78, 5) is 14.1. The van der Waals surface area contributed by atoms with Gasteiger partial charge in [0.1, 0.15) is 11.6 Å². The van der Waals surface area contributed by atoms with Crippen molar-refractivity contribution in [2.45, 2.75) is 32.2 Å². The number of benzene rings is 1. The van der Waals surface area contributed by atoms with Gasteiger partial charge >= 0.3 is 0 Å². The third-order valence-electron chi connectivity index (χ3n) is 4.10. The minimum absolute atomic E-state index is 0.0269. The molecule has 0 bridgehead atoms. The number of carbonyl (C=O) groups excluding carboxylic acids is 1. The number of nitrogens with one attached hydrogen (secondary N) is 1. The van der Waals surface area contributed by atoms with Crippen molar-refractivity contribution in [3.8, 4) is 0 Å². The third-order valence-corrected chi connectivity index (χ3v) is 4.10. The Kier molecular flexibility index (Phi) is 4.43. The molecule has 1 N–H and O–H groups in total.